The lowest BCUT2D eigenvalue weighted by molar-refractivity contribution is -0.115. The third-order valence-corrected chi connectivity index (χ3v) is 3.37. The molecule has 1 aromatic heterocycles. The largest absolute Gasteiger partial charge is 0.326 e. The highest BCUT2D eigenvalue weighted by Crippen LogP contribution is 2.31. The number of rotatable bonds is 1. The van der Waals surface area contributed by atoms with Crippen LogP contribution < -0.4 is 5.32 Å². The van der Waals surface area contributed by atoms with Gasteiger partial charge in [-0.1, -0.05) is 6.07 Å². The summed E-state index contributed by atoms with van der Waals surface area (Å²) in [5, 5.41) is 2.85. The van der Waals surface area contributed by atoms with Gasteiger partial charge in [0.1, 0.15) is 0 Å². The number of hydrogen-bond donors (Lipinski definition) is 1. The maximum atomic E-state index is 11.4. The quantitative estimate of drug-likeness (QED) is 0.830. The number of pyridine rings is 1. The molecular weight excluding hydrogens is 224 g/mol. The highest BCUT2D eigenvalue weighted by molar-refractivity contribution is 5.99. The number of aryl methyl sites for hydroxylation is 2. The van der Waals surface area contributed by atoms with Crippen molar-refractivity contribution in [1.82, 2.24) is 4.98 Å². The van der Waals surface area contributed by atoms with Gasteiger partial charge in [0.2, 0.25) is 5.91 Å². The van der Waals surface area contributed by atoms with E-state index in [1.165, 1.54) is 11.1 Å². The Morgan fingerprint density at radius 2 is 2.06 bits per heavy atom. The lowest BCUT2D eigenvalue weighted by Gasteiger charge is -2.10. The first-order valence-electron chi connectivity index (χ1n) is 6.00. The van der Waals surface area contributed by atoms with Gasteiger partial charge in [-0.25, -0.2) is 0 Å². The van der Waals surface area contributed by atoms with Gasteiger partial charge < -0.3 is 5.32 Å². The van der Waals surface area contributed by atoms with Crippen LogP contribution >= 0.6 is 0 Å². The van der Waals surface area contributed by atoms with E-state index in [0.717, 1.165) is 22.5 Å². The number of fused-ring (bicyclic) bond motifs is 1. The van der Waals surface area contributed by atoms with Gasteiger partial charge in [-0.15, -0.1) is 0 Å². The summed E-state index contributed by atoms with van der Waals surface area (Å²) in [6.45, 7) is 4.10. The van der Waals surface area contributed by atoms with Crippen LogP contribution in [0.25, 0.3) is 11.1 Å². The van der Waals surface area contributed by atoms with Crippen molar-refractivity contribution >= 4 is 11.6 Å². The van der Waals surface area contributed by atoms with Crippen LogP contribution in [0.5, 0.6) is 0 Å². The van der Waals surface area contributed by atoms with Crippen molar-refractivity contribution in [3.05, 3.63) is 47.3 Å². The smallest absolute Gasteiger partial charge is 0.228 e. The van der Waals surface area contributed by atoms with Crippen molar-refractivity contribution in [1.29, 1.82) is 0 Å². The second kappa shape index (κ2) is 3.95. The SMILES string of the molecule is Cc1ccnc(C)c1-c1ccc2c(c1)CC(=O)N2. The topological polar surface area (TPSA) is 42.0 Å². The van der Waals surface area contributed by atoms with Gasteiger partial charge in [-0.3, -0.25) is 9.78 Å². The van der Waals surface area contributed by atoms with Crippen LogP contribution in [0, 0.1) is 13.8 Å². The Labute approximate surface area is 106 Å². The number of aromatic nitrogens is 1. The third-order valence-electron chi connectivity index (χ3n) is 3.37. The fraction of sp³-hybridized carbons (Fsp3) is 0.200. The minimum Gasteiger partial charge on any atom is -0.326 e. The van der Waals surface area contributed by atoms with E-state index in [-0.39, 0.29) is 5.91 Å². The molecule has 1 aliphatic heterocycles. The summed E-state index contributed by atoms with van der Waals surface area (Å²) in [5.41, 5.74) is 6.53. The van der Waals surface area contributed by atoms with Gasteiger partial charge in [0.25, 0.3) is 0 Å². The van der Waals surface area contributed by atoms with Crippen LogP contribution in [0.2, 0.25) is 0 Å². The first kappa shape index (κ1) is 11.0. The average Bonchev–Trinajstić information content (AvgIpc) is 2.68. The summed E-state index contributed by atoms with van der Waals surface area (Å²) in [6, 6.07) is 8.12. The number of nitrogens with one attached hydrogen (secondary N) is 1. The predicted molar refractivity (Wildman–Crippen MR) is 71.5 cm³/mol. The number of carbonyl (C=O) groups is 1. The molecule has 1 aromatic carbocycles. The van der Waals surface area contributed by atoms with E-state index in [1.807, 2.05) is 31.3 Å². The molecule has 2 heterocycles. The lowest BCUT2D eigenvalue weighted by atomic mass is 9.97. The van der Waals surface area contributed by atoms with Crippen LogP contribution in [-0.2, 0) is 11.2 Å². The normalized spacial score (nSPS) is 13.3. The molecule has 0 aliphatic carbocycles. The van der Waals surface area contributed by atoms with Gasteiger partial charge in [0.05, 0.1) is 6.42 Å². The molecule has 3 nitrogen and oxygen atoms in total. The molecule has 1 aliphatic rings. The van der Waals surface area contributed by atoms with E-state index >= 15 is 0 Å². The number of benzene rings is 1. The molecule has 0 saturated heterocycles. The molecule has 0 bridgehead atoms. The Morgan fingerprint density at radius 1 is 1.22 bits per heavy atom. The molecule has 90 valence electrons. The summed E-state index contributed by atoms with van der Waals surface area (Å²) in [6.07, 6.45) is 2.30. The van der Waals surface area contributed by atoms with Gasteiger partial charge in [0, 0.05) is 23.1 Å². The molecule has 0 radical (unpaired) electrons. The molecule has 0 unspecified atom stereocenters. The number of carbonyl (C=O) groups excluding carboxylic acids is 1. The summed E-state index contributed by atoms with van der Waals surface area (Å²) in [7, 11) is 0. The van der Waals surface area contributed by atoms with Crippen LogP contribution in [0.4, 0.5) is 5.69 Å². The lowest BCUT2D eigenvalue weighted by Crippen LogP contribution is -2.03. The van der Waals surface area contributed by atoms with Crippen LogP contribution in [0.3, 0.4) is 0 Å². The highest BCUT2D eigenvalue weighted by Gasteiger charge is 2.18. The zero-order chi connectivity index (χ0) is 12.7. The maximum absolute atomic E-state index is 11.4. The zero-order valence-electron chi connectivity index (χ0n) is 10.4. The number of anilines is 1. The number of hydrogen-bond acceptors (Lipinski definition) is 2. The third kappa shape index (κ3) is 1.68. The van der Waals surface area contributed by atoms with Crippen molar-refractivity contribution < 1.29 is 4.79 Å². The van der Waals surface area contributed by atoms with Crippen molar-refractivity contribution in [2.45, 2.75) is 20.3 Å². The van der Waals surface area contributed by atoms with Gasteiger partial charge in [0.15, 0.2) is 0 Å². The molecule has 0 saturated carbocycles. The van der Waals surface area contributed by atoms with Crippen molar-refractivity contribution in [2.24, 2.45) is 0 Å². The average molecular weight is 238 g/mol. The van der Waals surface area contributed by atoms with E-state index in [2.05, 4.69) is 23.3 Å². The Morgan fingerprint density at radius 3 is 2.83 bits per heavy atom. The van der Waals surface area contributed by atoms with Crippen LogP contribution in [0.1, 0.15) is 16.8 Å². The van der Waals surface area contributed by atoms with Crippen molar-refractivity contribution in [2.75, 3.05) is 5.32 Å². The van der Waals surface area contributed by atoms with E-state index in [4.69, 9.17) is 0 Å². The number of nitrogens with zero attached hydrogens (tertiary/aromatic N) is 1. The fourth-order valence-electron chi connectivity index (χ4n) is 2.52. The molecule has 1 N–H and O–H groups in total. The van der Waals surface area contributed by atoms with E-state index in [9.17, 15) is 4.79 Å². The second-order valence-electron chi connectivity index (χ2n) is 4.69. The van der Waals surface area contributed by atoms with Crippen molar-refractivity contribution in [3.8, 4) is 11.1 Å². The molecule has 0 spiro atoms. The van der Waals surface area contributed by atoms with E-state index in [0.29, 0.717) is 6.42 Å². The Kier molecular flexibility index (Phi) is 2.40. The Hall–Kier alpha value is -2.16. The van der Waals surface area contributed by atoms with Crippen molar-refractivity contribution in [3.63, 3.8) is 0 Å². The predicted octanol–water partition coefficient (Wildman–Crippen LogP) is 2.86. The zero-order valence-corrected chi connectivity index (χ0v) is 10.4. The van der Waals surface area contributed by atoms with Crippen LogP contribution in [0.15, 0.2) is 30.5 Å². The molecule has 0 fully saturated rings. The second-order valence-corrected chi connectivity index (χ2v) is 4.69. The molecule has 1 amide bonds. The maximum Gasteiger partial charge on any atom is 0.228 e. The summed E-state index contributed by atoms with van der Waals surface area (Å²) >= 11 is 0. The van der Waals surface area contributed by atoms with E-state index < -0.39 is 0 Å². The molecule has 3 heteroatoms. The first-order valence-corrected chi connectivity index (χ1v) is 6.00. The Balaban J connectivity index is 2.14. The summed E-state index contributed by atoms with van der Waals surface area (Å²) in [4.78, 5) is 15.7. The Bertz CT molecular complexity index is 627. The first-order chi connectivity index (χ1) is 8.65. The molecule has 3 rings (SSSR count). The minimum absolute atomic E-state index is 0.0711. The van der Waals surface area contributed by atoms with Crippen LogP contribution in [-0.4, -0.2) is 10.9 Å². The van der Waals surface area contributed by atoms with E-state index in [1.54, 1.807) is 0 Å². The van der Waals surface area contributed by atoms with Gasteiger partial charge in [-0.05, 0) is 48.7 Å². The molecule has 0 atom stereocenters. The standard InChI is InChI=1S/C15H14N2O/c1-9-5-6-16-10(2)15(9)11-3-4-13-12(7-11)8-14(18)17-13/h3-7H,8H2,1-2H3,(H,17,18). The molecular formula is C15H14N2O. The summed E-state index contributed by atoms with van der Waals surface area (Å²) in [5.74, 6) is 0.0711. The molecule has 2 aromatic rings. The number of amides is 1. The highest BCUT2D eigenvalue weighted by atomic mass is 16.1. The summed E-state index contributed by atoms with van der Waals surface area (Å²) < 4.78 is 0. The molecule has 18 heavy (non-hydrogen) atoms. The van der Waals surface area contributed by atoms with Gasteiger partial charge in [-0.2, -0.15) is 0 Å². The minimum atomic E-state index is 0.0711. The monoisotopic (exact) mass is 238 g/mol. The van der Waals surface area contributed by atoms with Gasteiger partial charge >= 0.3 is 0 Å². The fourth-order valence-corrected chi connectivity index (χ4v) is 2.52.